The largest absolute Gasteiger partial charge is 0.458 e. The van der Waals surface area contributed by atoms with Gasteiger partial charge in [0.25, 0.3) is 0 Å². The van der Waals surface area contributed by atoms with Crippen LogP contribution in [0.3, 0.4) is 0 Å². The van der Waals surface area contributed by atoms with Gasteiger partial charge in [-0.05, 0) is 56.6 Å². The Hall–Kier alpha value is -1.05. The molecule has 1 rings (SSSR count). The first-order valence-corrected chi connectivity index (χ1v) is 6.79. The van der Waals surface area contributed by atoms with Crippen molar-refractivity contribution in [2.45, 2.75) is 66.9 Å². The molecular formula is C16H26O2. The van der Waals surface area contributed by atoms with Gasteiger partial charge in [-0.1, -0.05) is 25.5 Å². The number of allylic oxidation sites excluding steroid dienone is 3. The lowest BCUT2D eigenvalue weighted by atomic mass is 9.72. The normalized spacial score (nSPS) is 21.8. The molecule has 0 N–H and O–H groups in total. The second-order valence-corrected chi connectivity index (χ2v) is 6.07. The minimum Gasteiger partial charge on any atom is -0.458 e. The number of hydrogen-bond acceptors (Lipinski definition) is 2. The van der Waals surface area contributed by atoms with Crippen LogP contribution in [-0.2, 0) is 9.53 Å². The number of ether oxygens (including phenoxy) is 1. The average molecular weight is 250 g/mol. The van der Waals surface area contributed by atoms with E-state index in [9.17, 15) is 4.79 Å². The van der Waals surface area contributed by atoms with Crippen molar-refractivity contribution in [3.63, 3.8) is 0 Å². The van der Waals surface area contributed by atoms with Crippen molar-refractivity contribution in [2.75, 3.05) is 0 Å². The van der Waals surface area contributed by atoms with Gasteiger partial charge in [0.2, 0.25) is 0 Å². The van der Waals surface area contributed by atoms with E-state index in [0.717, 1.165) is 5.57 Å². The standard InChI is InChI=1S/C16H26O2/c1-11-8-7-9-16(5,6)15(11)10-12(2)13(3)18-14(4)17/h10,13H,7-9H2,1-6H3. The summed E-state index contributed by atoms with van der Waals surface area (Å²) in [6.07, 6.45) is 5.77. The van der Waals surface area contributed by atoms with Crippen LogP contribution in [0.5, 0.6) is 0 Å². The quantitative estimate of drug-likeness (QED) is 0.693. The van der Waals surface area contributed by atoms with Crippen LogP contribution in [0.1, 0.15) is 60.8 Å². The minimum atomic E-state index is -0.219. The van der Waals surface area contributed by atoms with Gasteiger partial charge in [0.05, 0.1) is 0 Å². The molecule has 0 saturated carbocycles. The Morgan fingerprint density at radius 2 is 2.00 bits per heavy atom. The lowest BCUT2D eigenvalue weighted by Crippen LogP contribution is -2.21. The average Bonchev–Trinajstić information content (AvgIpc) is 2.22. The highest BCUT2D eigenvalue weighted by molar-refractivity contribution is 5.66. The first kappa shape index (κ1) is 15.0. The lowest BCUT2D eigenvalue weighted by molar-refractivity contribution is -0.143. The van der Waals surface area contributed by atoms with Gasteiger partial charge in [-0.2, -0.15) is 0 Å². The molecule has 0 amide bonds. The van der Waals surface area contributed by atoms with Crippen molar-refractivity contribution < 1.29 is 9.53 Å². The van der Waals surface area contributed by atoms with Crippen molar-refractivity contribution in [3.05, 3.63) is 22.8 Å². The van der Waals surface area contributed by atoms with Crippen LogP contribution in [0, 0.1) is 5.41 Å². The number of carbonyl (C=O) groups is 1. The monoisotopic (exact) mass is 250 g/mol. The maximum absolute atomic E-state index is 11.0. The highest BCUT2D eigenvalue weighted by atomic mass is 16.5. The van der Waals surface area contributed by atoms with E-state index in [0.29, 0.717) is 0 Å². The third-order valence-corrected chi connectivity index (χ3v) is 3.90. The zero-order valence-corrected chi connectivity index (χ0v) is 12.6. The van der Waals surface area contributed by atoms with Crippen LogP contribution >= 0.6 is 0 Å². The third kappa shape index (κ3) is 3.72. The predicted molar refractivity (Wildman–Crippen MR) is 75.3 cm³/mol. The molecule has 2 nitrogen and oxygen atoms in total. The fourth-order valence-electron chi connectivity index (χ4n) is 2.65. The Bertz CT molecular complexity index is 386. The van der Waals surface area contributed by atoms with Gasteiger partial charge < -0.3 is 4.74 Å². The summed E-state index contributed by atoms with van der Waals surface area (Å²) in [4.78, 5) is 11.0. The van der Waals surface area contributed by atoms with Crippen LogP contribution in [0.2, 0.25) is 0 Å². The molecule has 0 bridgehead atoms. The first-order chi connectivity index (χ1) is 8.24. The molecule has 0 aliphatic heterocycles. The van der Waals surface area contributed by atoms with Crippen molar-refractivity contribution in [2.24, 2.45) is 5.41 Å². The minimum absolute atomic E-state index is 0.138. The summed E-state index contributed by atoms with van der Waals surface area (Å²) in [5, 5.41) is 0. The highest BCUT2D eigenvalue weighted by Gasteiger charge is 2.27. The molecule has 1 aliphatic carbocycles. The van der Waals surface area contributed by atoms with E-state index in [1.165, 1.54) is 37.3 Å². The molecule has 0 fully saturated rings. The Balaban J connectivity index is 2.95. The van der Waals surface area contributed by atoms with Gasteiger partial charge in [-0.3, -0.25) is 4.79 Å². The van der Waals surface area contributed by atoms with E-state index in [1.54, 1.807) is 0 Å². The van der Waals surface area contributed by atoms with Gasteiger partial charge in [0.1, 0.15) is 6.10 Å². The molecule has 2 heteroatoms. The molecule has 0 aromatic carbocycles. The summed E-state index contributed by atoms with van der Waals surface area (Å²) < 4.78 is 5.23. The third-order valence-electron chi connectivity index (χ3n) is 3.90. The number of hydrogen-bond donors (Lipinski definition) is 0. The van der Waals surface area contributed by atoms with Crippen LogP contribution in [0.25, 0.3) is 0 Å². The number of esters is 1. The molecule has 0 aromatic rings. The van der Waals surface area contributed by atoms with Crippen LogP contribution in [0.4, 0.5) is 0 Å². The van der Waals surface area contributed by atoms with E-state index in [1.807, 2.05) is 13.8 Å². The molecule has 102 valence electrons. The molecular weight excluding hydrogens is 224 g/mol. The molecule has 1 unspecified atom stereocenters. The fraction of sp³-hybridized carbons (Fsp3) is 0.688. The van der Waals surface area contributed by atoms with Gasteiger partial charge in [0, 0.05) is 6.92 Å². The molecule has 0 spiro atoms. The summed E-state index contributed by atoms with van der Waals surface area (Å²) >= 11 is 0. The molecule has 0 heterocycles. The molecule has 0 radical (unpaired) electrons. The molecule has 1 aliphatic rings. The Morgan fingerprint density at radius 3 is 2.50 bits per heavy atom. The zero-order chi connectivity index (χ0) is 13.9. The van der Waals surface area contributed by atoms with E-state index >= 15 is 0 Å². The Labute approximate surface area is 111 Å². The van der Waals surface area contributed by atoms with Crippen molar-refractivity contribution in [3.8, 4) is 0 Å². The highest BCUT2D eigenvalue weighted by Crippen LogP contribution is 2.41. The van der Waals surface area contributed by atoms with E-state index < -0.39 is 0 Å². The second kappa shape index (κ2) is 5.73. The van der Waals surface area contributed by atoms with Crippen molar-refractivity contribution in [1.82, 2.24) is 0 Å². The fourth-order valence-corrected chi connectivity index (χ4v) is 2.65. The van der Waals surface area contributed by atoms with Crippen LogP contribution in [-0.4, -0.2) is 12.1 Å². The van der Waals surface area contributed by atoms with E-state index in [4.69, 9.17) is 4.74 Å². The summed E-state index contributed by atoms with van der Waals surface area (Å²) in [6, 6.07) is 0. The predicted octanol–water partition coefficient (Wildman–Crippen LogP) is 4.41. The van der Waals surface area contributed by atoms with Crippen molar-refractivity contribution in [1.29, 1.82) is 0 Å². The second-order valence-electron chi connectivity index (χ2n) is 6.07. The molecule has 18 heavy (non-hydrogen) atoms. The molecule has 0 saturated heterocycles. The smallest absolute Gasteiger partial charge is 0.303 e. The van der Waals surface area contributed by atoms with Crippen molar-refractivity contribution >= 4 is 5.97 Å². The topological polar surface area (TPSA) is 26.3 Å². The maximum atomic E-state index is 11.0. The number of carbonyl (C=O) groups excluding carboxylic acids is 1. The van der Waals surface area contributed by atoms with Gasteiger partial charge in [0.15, 0.2) is 0 Å². The number of rotatable bonds is 3. The summed E-state index contributed by atoms with van der Waals surface area (Å²) in [5.41, 5.74) is 4.25. The van der Waals surface area contributed by atoms with Gasteiger partial charge >= 0.3 is 5.97 Å². The van der Waals surface area contributed by atoms with Gasteiger partial charge in [-0.15, -0.1) is 0 Å². The molecule has 1 atom stereocenters. The van der Waals surface area contributed by atoms with E-state index in [2.05, 4.69) is 26.8 Å². The van der Waals surface area contributed by atoms with Crippen LogP contribution < -0.4 is 0 Å². The zero-order valence-electron chi connectivity index (χ0n) is 12.6. The molecule has 0 aromatic heterocycles. The lowest BCUT2D eigenvalue weighted by Gasteiger charge is -2.33. The first-order valence-electron chi connectivity index (χ1n) is 6.79. The summed E-state index contributed by atoms with van der Waals surface area (Å²) in [5.74, 6) is -0.219. The Morgan fingerprint density at radius 1 is 1.39 bits per heavy atom. The van der Waals surface area contributed by atoms with E-state index in [-0.39, 0.29) is 17.5 Å². The summed E-state index contributed by atoms with van der Waals surface area (Å²) in [7, 11) is 0. The summed E-state index contributed by atoms with van der Waals surface area (Å²) in [6.45, 7) is 12.2. The SMILES string of the molecule is CC(=O)OC(C)C(C)=CC1=C(C)CCCC1(C)C. The van der Waals surface area contributed by atoms with Gasteiger partial charge in [-0.25, -0.2) is 0 Å². The van der Waals surface area contributed by atoms with Crippen LogP contribution in [0.15, 0.2) is 22.8 Å². The maximum Gasteiger partial charge on any atom is 0.303 e. The Kier molecular flexibility index (Phi) is 4.78.